The molecule has 0 fully saturated rings. The van der Waals surface area contributed by atoms with Gasteiger partial charge in [0.05, 0.1) is 16.1 Å². The number of rotatable bonds is 3. The van der Waals surface area contributed by atoms with Crippen molar-refractivity contribution in [3.05, 3.63) is 59.0 Å². The molecule has 0 bridgehead atoms. The van der Waals surface area contributed by atoms with E-state index in [0.29, 0.717) is 0 Å². The van der Waals surface area contributed by atoms with Crippen LogP contribution in [0.3, 0.4) is 0 Å². The van der Waals surface area contributed by atoms with Gasteiger partial charge < -0.3 is 10.1 Å². The number of aryl methyl sites for hydroxylation is 1. The van der Waals surface area contributed by atoms with Gasteiger partial charge in [0.15, 0.2) is 5.75 Å². The van der Waals surface area contributed by atoms with Gasteiger partial charge in [-0.05, 0) is 53.0 Å². The van der Waals surface area contributed by atoms with Crippen molar-refractivity contribution in [2.75, 3.05) is 5.32 Å². The monoisotopic (exact) mass is 417 g/mol. The lowest BCUT2D eigenvalue weighted by atomic mass is 9.80. The molecule has 2 nitrogen and oxygen atoms in total. The topological polar surface area (TPSA) is 21.3 Å². The van der Waals surface area contributed by atoms with E-state index in [1.54, 1.807) is 23.5 Å². The fraction of sp³-hybridized carbons (Fsp3) is 0.304. The minimum atomic E-state index is -4.74. The molecule has 0 saturated heterocycles. The van der Waals surface area contributed by atoms with Gasteiger partial charge >= 0.3 is 6.36 Å². The van der Waals surface area contributed by atoms with E-state index >= 15 is 0 Å². The third-order valence-corrected chi connectivity index (χ3v) is 6.31. The van der Waals surface area contributed by atoms with Crippen LogP contribution in [0, 0.1) is 5.41 Å². The molecule has 0 spiro atoms. The smallest absolute Gasteiger partial charge is 0.404 e. The van der Waals surface area contributed by atoms with Gasteiger partial charge in [-0.3, -0.25) is 0 Å². The Morgan fingerprint density at radius 2 is 1.69 bits per heavy atom. The molecule has 0 amide bonds. The zero-order valence-electron chi connectivity index (χ0n) is 16.5. The second kappa shape index (κ2) is 7.10. The van der Waals surface area contributed by atoms with Crippen LogP contribution in [-0.4, -0.2) is 6.36 Å². The van der Waals surface area contributed by atoms with Crippen molar-refractivity contribution < 1.29 is 17.9 Å². The predicted octanol–water partition coefficient (Wildman–Crippen LogP) is 7.92. The van der Waals surface area contributed by atoms with Crippen LogP contribution in [0.1, 0.15) is 37.6 Å². The average molecular weight is 417 g/mol. The number of allylic oxidation sites excluding steroid dienone is 2. The van der Waals surface area contributed by atoms with Gasteiger partial charge in [-0.1, -0.05) is 51.1 Å². The van der Waals surface area contributed by atoms with Gasteiger partial charge in [-0.25, -0.2) is 0 Å². The Labute approximate surface area is 172 Å². The summed E-state index contributed by atoms with van der Waals surface area (Å²) in [4.78, 5) is 1.29. The minimum Gasteiger partial charge on any atom is -0.404 e. The second-order valence-electron chi connectivity index (χ2n) is 8.17. The molecule has 1 aliphatic carbocycles. The van der Waals surface area contributed by atoms with Crippen molar-refractivity contribution in [2.45, 2.75) is 40.0 Å². The number of ether oxygens (including phenoxy) is 1. The maximum absolute atomic E-state index is 12.8. The lowest BCUT2D eigenvalue weighted by Crippen LogP contribution is -2.17. The molecular formula is C23H22F3NOS. The van der Waals surface area contributed by atoms with Crippen LogP contribution in [0.15, 0.2) is 48.5 Å². The van der Waals surface area contributed by atoms with Crippen molar-refractivity contribution in [3.63, 3.8) is 0 Å². The summed E-state index contributed by atoms with van der Waals surface area (Å²) >= 11 is 1.71. The minimum absolute atomic E-state index is 0.0385. The molecule has 0 unspecified atom stereocenters. The van der Waals surface area contributed by atoms with Crippen LogP contribution < -0.4 is 10.1 Å². The highest BCUT2D eigenvalue weighted by atomic mass is 32.1. The Morgan fingerprint density at radius 3 is 2.41 bits per heavy atom. The summed E-state index contributed by atoms with van der Waals surface area (Å²) in [5.74, 6) is -0.242. The third-order valence-electron chi connectivity index (χ3n) is 5.00. The van der Waals surface area contributed by atoms with E-state index in [2.05, 4.69) is 43.0 Å². The molecule has 1 aliphatic rings. The zero-order chi connectivity index (χ0) is 20.8. The maximum Gasteiger partial charge on any atom is 0.573 e. The van der Waals surface area contributed by atoms with Crippen LogP contribution in [0.2, 0.25) is 0 Å². The van der Waals surface area contributed by atoms with E-state index in [0.717, 1.165) is 23.2 Å². The quantitative estimate of drug-likeness (QED) is 0.467. The Bertz CT molecular complexity index is 1090. The second-order valence-corrected chi connectivity index (χ2v) is 9.19. The molecule has 0 atom stereocenters. The van der Waals surface area contributed by atoms with E-state index in [9.17, 15) is 13.2 Å². The summed E-state index contributed by atoms with van der Waals surface area (Å²) in [5, 5.41) is 4.33. The van der Waals surface area contributed by atoms with E-state index in [1.165, 1.54) is 33.5 Å². The molecule has 0 radical (unpaired) electrons. The van der Waals surface area contributed by atoms with Crippen LogP contribution in [0.4, 0.5) is 24.5 Å². The van der Waals surface area contributed by atoms with E-state index in [1.807, 2.05) is 12.1 Å². The molecule has 1 heterocycles. The fourth-order valence-corrected chi connectivity index (χ4v) is 5.33. The zero-order valence-corrected chi connectivity index (χ0v) is 17.3. The average Bonchev–Trinajstić information content (AvgIpc) is 3.01. The third kappa shape index (κ3) is 3.99. The van der Waals surface area contributed by atoms with Crippen molar-refractivity contribution in [3.8, 4) is 5.75 Å². The molecular weight excluding hydrogens is 395 g/mol. The summed E-state index contributed by atoms with van der Waals surface area (Å²) < 4.78 is 43.5. The number of para-hydroxylation sites is 2. The number of halogens is 3. The Balaban J connectivity index is 1.78. The SMILES string of the molecule is CC(C)(C)C1=CCCc2c1sc1c(Nc3ccccc3OC(F)(F)F)cccc21. The number of fused-ring (bicyclic) bond motifs is 3. The first-order chi connectivity index (χ1) is 13.6. The summed E-state index contributed by atoms with van der Waals surface area (Å²) in [6.45, 7) is 6.63. The summed E-state index contributed by atoms with van der Waals surface area (Å²) in [7, 11) is 0. The highest BCUT2D eigenvalue weighted by Gasteiger charge is 2.32. The van der Waals surface area contributed by atoms with Gasteiger partial charge in [0, 0.05) is 4.88 Å². The molecule has 2 aromatic carbocycles. The molecule has 29 heavy (non-hydrogen) atoms. The van der Waals surface area contributed by atoms with E-state index in [4.69, 9.17) is 0 Å². The maximum atomic E-state index is 12.8. The first kappa shape index (κ1) is 19.8. The number of anilines is 2. The van der Waals surface area contributed by atoms with Crippen molar-refractivity contribution >= 4 is 38.4 Å². The molecule has 3 aromatic rings. The molecule has 1 aromatic heterocycles. The highest BCUT2D eigenvalue weighted by Crippen LogP contribution is 2.48. The fourth-order valence-electron chi connectivity index (χ4n) is 3.76. The molecule has 152 valence electrons. The molecule has 1 N–H and O–H groups in total. The number of alkyl halides is 3. The number of nitrogens with one attached hydrogen (secondary N) is 1. The van der Waals surface area contributed by atoms with Crippen molar-refractivity contribution in [1.82, 2.24) is 0 Å². The lowest BCUT2D eigenvalue weighted by Gasteiger charge is -2.26. The predicted molar refractivity (Wildman–Crippen MR) is 114 cm³/mol. The number of thiophene rings is 1. The number of hydrogen-bond donors (Lipinski definition) is 1. The summed E-state index contributed by atoms with van der Waals surface area (Å²) in [6, 6.07) is 12.1. The van der Waals surface area contributed by atoms with Crippen LogP contribution in [-0.2, 0) is 6.42 Å². The van der Waals surface area contributed by atoms with Gasteiger partial charge in [-0.15, -0.1) is 24.5 Å². The molecule has 4 rings (SSSR count). The largest absolute Gasteiger partial charge is 0.573 e. The van der Waals surface area contributed by atoms with E-state index < -0.39 is 6.36 Å². The first-order valence-corrected chi connectivity index (χ1v) is 10.3. The molecule has 0 saturated carbocycles. The van der Waals surface area contributed by atoms with Crippen LogP contribution >= 0.6 is 11.3 Å². The van der Waals surface area contributed by atoms with E-state index in [-0.39, 0.29) is 16.9 Å². The molecule has 6 heteroatoms. The van der Waals surface area contributed by atoms with Gasteiger partial charge in [0.25, 0.3) is 0 Å². The number of hydrogen-bond acceptors (Lipinski definition) is 3. The lowest BCUT2D eigenvalue weighted by molar-refractivity contribution is -0.274. The highest BCUT2D eigenvalue weighted by molar-refractivity contribution is 7.21. The van der Waals surface area contributed by atoms with Gasteiger partial charge in [0.2, 0.25) is 0 Å². The summed E-state index contributed by atoms with van der Waals surface area (Å²) in [5.41, 5.74) is 3.79. The standard InChI is InChI=1S/C23H22F3NOS/c1-22(2,3)16-10-6-8-14-15-9-7-12-18(21(15)29-20(14)16)27-17-11-4-5-13-19(17)28-23(24,25)26/h4-5,7,9-13,27H,6,8H2,1-3H3. The van der Waals surface area contributed by atoms with Crippen molar-refractivity contribution in [2.24, 2.45) is 5.41 Å². The van der Waals surface area contributed by atoms with Gasteiger partial charge in [-0.2, -0.15) is 0 Å². The van der Waals surface area contributed by atoms with Crippen LogP contribution in [0.5, 0.6) is 5.75 Å². The first-order valence-electron chi connectivity index (χ1n) is 9.51. The summed E-state index contributed by atoms with van der Waals surface area (Å²) in [6.07, 6.45) is -0.438. The Kier molecular flexibility index (Phi) is 4.85. The number of benzene rings is 2. The Morgan fingerprint density at radius 1 is 0.966 bits per heavy atom. The van der Waals surface area contributed by atoms with Crippen LogP contribution in [0.25, 0.3) is 15.7 Å². The Hall–Kier alpha value is -2.47. The van der Waals surface area contributed by atoms with Gasteiger partial charge in [0.1, 0.15) is 0 Å². The normalized spacial score (nSPS) is 14.5. The molecule has 0 aliphatic heterocycles. The van der Waals surface area contributed by atoms with Crippen molar-refractivity contribution in [1.29, 1.82) is 0 Å².